The second kappa shape index (κ2) is 5.08. The summed E-state index contributed by atoms with van der Waals surface area (Å²) in [6, 6.07) is 17.9. The average Bonchev–Trinajstić information content (AvgIpc) is 3.20. The average molecular weight is 380 g/mol. The van der Waals surface area contributed by atoms with Crippen LogP contribution in [-0.2, 0) is 18.3 Å². The van der Waals surface area contributed by atoms with Gasteiger partial charge in [0.25, 0.3) is 0 Å². The predicted molar refractivity (Wildman–Crippen MR) is 99.9 cm³/mol. The molecule has 2 aliphatic carbocycles. The second-order valence-electron chi connectivity index (χ2n) is 7.95. The molecule has 0 fully saturated rings. The fourth-order valence-corrected chi connectivity index (χ4v) is 16.9. The molecule has 2 unspecified atom stereocenters. The molecule has 2 atom stereocenters. The molecule has 0 amide bonds. The van der Waals surface area contributed by atoms with E-state index < -0.39 is 18.3 Å². The third-order valence-electron chi connectivity index (χ3n) is 6.47. The normalized spacial score (nSPS) is 22.1. The van der Waals surface area contributed by atoms with Crippen LogP contribution >= 0.6 is 0 Å². The molecule has 0 heterocycles. The Morgan fingerprint density at radius 3 is 1.61 bits per heavy atom. The fourth-order valence-electron chi connectivity index (χ4n) is 4.64. The molecule has 0 aliphatic heterocycles. The van der Waals surface area contributed by atoms with Gasteiger partial charge in [-0.25, -0.2) is 0 Å². The first kappa shape index (κ1) is 15.2. The summed E-state index contributed by atoms with van der Waals surface area (Å²) >= 11 is -3.23. The van der Waals surface area contributed by atoms with Gasteiger partial charge in [-0.15, -0.1) is 0 Å². The summed E-state index contributed by atoms with van der Waals surface area (Å²) in [6.45, 7) is 2.31. The number of rotatable bonds is 2. The van der Waals surface area contributed by atoms with E-state index >= 15 is 0 Å². The first-order chi connectivity index (χ1) is 11.0. The topological polar surface area (TPSA) is 0 Å². The summed E-state index contributed by atoms with van der Waals surface area (Å²) in [6.07, 6.45) is 9.66. The molecule has 2 aromatic carbocycles. The molecular weight excluding hydrogens is 355 g/mol. The van der Waals surface area contributed by atoms with E-state index in [4.69, 9.17) is 0 Å². The molecule has 0 bridgehead atoms. The molecule has 0 radical (unpaired) electrons. The summed E-state index contributed by atoms with van der Waals surface area (Å²) in [4.78, 5) is 0. The minimum absolute atomic E-state index is 0.596. The molecule has 0 saturated heterocycles. The molecule has 0 nitrogen and oxygen atoms in total. The van der Waals surface area contributed by atoms with Crippen LogP contribution in [0.1, 0.15) is 36.4 Å². The summed E-state index contributed by atoms with van der Waals surface area (Å²) in [7, 11) is 0. The molecule has 116 valence electrons. The van der Waals surface area contributed by atoms with Crippen LogP contribution in [-0.4, -0.2) is 3.71 Å². The van der Waals surface area contributed by atoms with Crippen LogP contribution in [0.4, 0.5) is 0 Å². The van der Waals surface area contributed by atoms with E-state index in [0.29, 0.717) is 7.25 Å². The van der Waals surface area contributed by atoms with Crippen LogP contribution in [0.15, 0.2) is 60.7 Å². The van der Waals surface area contributed by atoms with Gasteiger partial charge in [-0.05, 0) is 0 Å². The van der Waals surface area contributed by atoms with Crippen molar-refractivity contribution in [2.45, 2.75) is 23.4 Å². The van der Waals surface area contributed by atoms with Gasteiger partial charge >= 0.3 is 141 Å². The fraction of sp³-hybridized carbons (Fsp3) is 0.227. The monoisotopic (exact) mass is 378 g/mol. The zero-order chi connectivity index (χ0) is 16.1. The quantitative estimate of drug-likeness (QED) is 0.589. The molecule has 4 rings (SSSR count). The Balaban J connectivity index is 1.92. The Hall–Kier alpha value is -1.33. The summed E-state index contributed by atoms with van der Waals surface area (Å²) in [5.74, 6) is 0. The van der Waals surface area contributed by atoms with Crippen molar-refractivity contribution in [2.24, 2.45) is 0 Å². The van der Waals surface area contributed by atoms with E-state index in [-0.39, 0.29) is 0 Å². The molecule has 0 aromatic heterocycles. The Morgan fingerprint density at radius 1 is 0.739 bits per heavy atom. The van der Waals surface area contributed by atoms with Crippen LogP contribution in [0, 0.1) is 0 Å². The van der Waals surface area contributed by atoms with Crippen molar-refractivity contribution >= 4 is 15.9 Å². The first-order valence-electron chi connectivity index (χ1n) is 8.59. The molecule has 0 spiro atoms. The number of benzene rings is 2. The summed E-state index contributed by atoms with van der Waals surface area (Å²) in [5, 5.41) is 0. The van der Waals surface area contributed by atoms with Gasteiger partial charge in [0.15, 0.2) is 0 Å². The molecule has 2 aromatic rings. The maximum atomic E-state index is 2.63. The zero-order valence-corrected chi connectivity index (χ0v) is 16.6. The van der Waals surface area contributed by atoms with Gasteiger partial charge in [0.05, 0.1) is 0 Å². The second-order valence-corrected chi connectivity index (χ2v) is 25.9. The third-order valence-corrected chi connectivity index (χ3v) is 23.1. The van der Waals surface area contributed by atoms with E-state index in [2.05, 4.69) is 92.7 Å². The number of fused-ring (bicyclic) bond motifs is 2. The van der Waals surface area contributed by atoms with Crippen LogP contribution in [0.3, 0.4) is 0 Å². The van der Waals surface area contributed by atoms with Crippen LogP contribution in [0.5, 0.6) is 0 Å². The summed E-state index contributed by atoms with van der Waals surface area (Å²) < 4.78 is 9.10. The Kier molecular flexibility index (Phi) is 3.36. The van der Waals surface area contributed by atoms with Gasteiger partial charge in [-0.3, -0.25) is 0 Å². The minimum atomic E-state index is -3.23. The van der Waals surface area contributed by atoms with Gasteiger partial charge in [0, 0.05) is 0 Å². The van der Waals surface area contributed by atoms with Crippen LogP contribution in [0.25, 0.3) is 12.2 Å². The molecular formula is C22H24Zr. The standard InChI is InChI=1S/2C9H7.C2H4.2CH3.Zr/c2*1-2-5-9-7-3-6-8(9)4-1;1-2;;;/h2*1-7H;1H,2H3;2*1H3;. The van der Waals surface area contributed by atoms with Crippen molar-refractivity contribution in [1.29, 1.82) is 0 Å². The number of allylic oxidation sites excluding steroid dienone is 2. The maximum absolute atomic E-state index is 3.23. The van der Waals surface area contributed by atoms with Crippen molar-refractivity contribution in [3.05, 3.63) is 82.9 Å². The Labute approximate surface area is 140 Å². The summed E-state index contributed by atoms with van der Waals surface area (Å²) in [5.41, 5.74) is 5.91. The van der Waals surface area contributed by atoms with E-state index in [1.165, 1.54) is 11.1 Å². The SMILES string of the molecule is C[CH]=[Zr]([CH3])([CH3])([CH]1C=Cc2ccccc21)[CH]1C=Cc2ccccc21. The Bertz CT molecular complexity index is 838. The third kappa shape index (κ3) is 2.09. The van der Waals surface area contributed by atoms with E-state index in [9.17, 15) is 0 Å². The van der Waals surface area contributed by atoms with Gasteiger partial charge in [0.2, 0.25) is 0 Å². The number of hydrogen-bond acceptors (Lipinski definition) is 0. The molecule has 2 aliphatic rings. The van der Waals surface area contributed by atoms with Crippen molar-refractivity contribution in [3.63, 3.8) is 0 Å². The van der Waals surface area contributed by atoms with Crippen molar-refractivity contribution in [1.82, 2.24) is 0 Å². The van der Waals surface area contributed by atoms with Crippen LogP contribution < -0.4 is 0 Å². The predicted octanol–water partition coefficient (Wildman–Crippen LogP) is 6.13. The number of hydrogen-bond donors (Lipinski definition) is 0. The van der Waals surface area contributed by atoms with Gasteiger partial charge < -0.3 is 0 Å². The van der Waals surface area contributed by atoms with E-state index in [1.807, 2.05) is 0 Å². The molecule has 0 saturated carbocycles. The van der Waals surface area contributed by atoms with Gasteiger partial charge in [-0.1, -0.05) is 0 Å². The molecule has 1 heteroatoms. The van der Waals surface area contributed by atoms with Crippen LogP contribution in [0.2, 0.25) is 9.26 Å². The van der Waals surface area contributed by atoms with Gasteiger partial charge in [-0.2, -0.15) is 0 Å². The molecule has 23 heavy (non-hydrogen) atoms. The first-order valence-corrected chi connectivity index (χ1v) is 17.8. The van der Waals surface area contributed by atoms with E-state index in [0.717, 1.165) is 0 Å². The Morgan fingerprint density at radius 2 is 1.17 bits per heavy atom. The van der Waals surface area contributed by atoms with Crippen molar-refractivity contribution in [3.8, 4) is 0 Å². The van der Waals surface area contributed by atoms with Crippen molar-refractivity contribution in [2.75, 3.05) is 0 Å². The van der Waals surface area contributed by atoms with Gasteiger partial charge in [0.1, 0.15) is 0 Å². The molecule has 0 N–H and O–H groups in total. The van der Waals surface area contributed by atoms with E-state index in [1.54, 1.807) is 11.1 Å². The van der Waals surface area contributed by atoms with Crippen molar-refractivity contribution < 1.29 is 18.3 Å². The zero-order valence-electron chi connectivity index (χ0n) is 14.2.